The highest BCUT2D eigenvalue weighted by Gasteiger charge is 2.24. The fourth-order valence-electron chi connectivity index (χ4n) is 4.08. The van der Waals surface area contributed by atoms with Gasteiger partial charge in [-0.25, -0.2) is 17.8 Å². The van der Waals surface area contributed by atoms with E-state index in [1.165, 1.54) is 23.5 Å². The van der Waals surface area contributed by atoms with Crippen molar-refractivity contribution in [2.45, 2.75) is 31.6 Å². The molecule has 0 saturated carbocycles. The number of aryl methyl sites for hydroxylation is 2. The molecule has 10 heteroatoms. The highest BCUT2D eigenvalue weighted by Crippen LogP contribution is 2.33. The van der Waals surface area contributed by atoms with E-state index in [2.05, 4.69) is 4.90 Å². The lowest BCUT2D eigenvalue weighted by atomic mass is 10.1. The zero-order chi connectivity index (χ0) is 25.0. The minimum atomic E-state index is -3.72. The predicted octanol–water partition coefficient (Wildman–Crippen LogP) is 3.97. The number of nitrogens with zero attached hydrogens (tertiary/aromatic N) is 3. The summed E-state index contributed by atoms with van der Waals surface area (Å²) in [5.41, 5.74) is 3.00. The Hall–Kier alpha value is -2.40. The lowest BCUT2D eigenvalue weighted by Crippen LogP contribution is -2.39. The Bertz CT molecular complexity index is 1250. The highest BCUT2D eigenvalue weighted by atomic mass is 32.2. The number of hydrogen-bond donors (Lipinski definition) is 0. The van der Waals surface area contributed by atoms with Crippen LogP contribution in [-0.2, 0) is 19.4 Å². The quantitative estimate of drug-likeness (QED) is 0.398. The maximum absolute atomic E-state index is 13.3. The number of carbonyl (C=O) groups excluding carboxylic acids is 1. The number of thiazole rings is 1. The summed E-state index contributed by atoms with van der Waals surface area (Å²) in [5.74, 6) is -1.14. The fraction of sp³-hybridized carbons (Fsp3) is 0.440. The number of anilines is 1. The Balaban J connectivity index is 1.52. The normalized spacial score (nSPS) is 14.9. The van der Waals surface area contributed by atoms with Gasteiger partial charge < -0.3 is 4.74 Å². The van der Waals surface area contributed by atoms with Gasteiger partial charge in [0.15, 0.2) is 15.0 Å². The van der Waals surface area contributed by atoms with E-state index in [-0.39, 0.29) is 23.0 Å². The molecule has 3 aromatic rings. The summed E-state index contributed by atoms with van der Waals surface area (Å²) >= 11 is 1.46. The molecule has 1 fully saturated rings. The van der Waals surface area contributed by atoms with Crippen molar-refractivity contribution in [3.05, 3.63) is 53.3 Å². The second-order valence-corrected chi connectivity index (χ2v) is 11.8. The third-order valence-corrected chi connectivity index (χ3v) is 9.13. The van der Waals surface area contributed by atoms with Gasteiger partial charge >= 0.3 is 0 Å². The summed E-state index contributed by atoms with van der Waals surface area (Å²) in [6.45, 7) is 8.43. The van der Waals surface area contributed by atoms with Crippen LogP contribution in [0.2, 0.25) is 0 Å². The first-order valence-corrected chi connectivity index (χ1v) is 14.2. The van der Waals surface area contributed by atoms with Crippen LogP contribution in [0.3, 0.4) is 0 Å². The largest absolute Gasteiger partial charge is 0.379 e. The first kappa shape index (κ1) is 25.7. The zero-order valence-electron chi connectivity index (χ0n) is 20.0. The van der Waals surface area contributed by atoms with Crippen molar-refractivity contribution in [3.8, 4) is 0 Å². The van der Waals surface area contributed by atoms with E-state index in [1.54, 1.807) is 4.90 Å². The Morgan fingerprint density at radius 2 is 1.80 bits per heavy atom. The van der Waals surface area contributed by atoms with Gasteiger partial charge in [-0.2, -0.15) is 0 Å². The number of ether oxygens (including phenoxy) is 1. The summed E-state index contributed by atoms with van der Waals surface area (Å²) in [4.78, 5) is 22.1. The van der Waals surface area contributed by atoms with Crippen molar-refractivity contribution < 1.29 is 22.3 Å². The molecule has 0 atom stereocenters. The molecular weight excluding hydrogens is 489 g/mol. The second kappa shape index (κ2) is 11.1. The molecule has 0 bridgehead atoms. The molecule has 1 aliphatic rings. The zero-order valence-corrected chi connectivity index (χ0v) is 21.6. The van der Waals surface area contributed by atoms with E-state index in [1.807, 2.05) is 26.0 Å². The minimum Gasteiger partial charge on any atom is -0.379 e. The summed E-state index contributed by atoms with van der Waals surface area (Å²) in [6, 6.07) is 8.74. The highest BCUT2D eigenvalue weighted by molar-refractivity contribution is 7.91. The molecule has 35 heavy (non-hydrogen) atoms. The van der Waals surface area contributed by atoms with E-state index >= 15 is 0 Å². The number of halogens is 1. The first-order chi connectivity index (χ1) is 16.7. The van der Waals surface area contributed by atoms with Crippen molar-refractivity contribution in [2.75, 3.05) is 50.0 Å². The number of carbonyl (C=O) groups is 1. The topological polar surface area (TPSA) is 79.8 Å². The number of benzene rings is 2. The van der Waals surface area contributed by atoms with Crippen LogP contribution in [0.4, 0.5) is 9.52 Å². The lowest BCUT2D eigenvalue weighted by molar-refractivity contribution is -0.118. The SMILES string of the molecule is Cc1ccc(C)c2sc(N(CCCN3CCOCC3)C(=O)CCS(=O)(=O)c3ccc(F)cc3)nc12. The molecule has 4 rings (SSSR count). The molecule has 1 aromatic heterocycles. The van der Waals surface area contributed by atoms with Crippen molar-refractivity contribution in [3.63, 3.8) is 0 Å². The number of amides is 1. The van der Waals surface area contributed by atoms with E-state index in [4.69, 9.17) is 9.72 Å². The average Bonchev–Trinajstić information content (AvgIpc) is 3.30. The van der Waals surface area contributed by atoms with Crippen LogP contribution in [0.25, 0.3) is 10.2 Å². The lowest BCUT2D eigenvalue weighted by Gasteiger charge is -2.27. The second-order valence-electron chi connectivity index (χ2n) is 8.75. The van der Waals surface area contributed by atoms with Gasteiger partial charge in [0, 0.05) is 32.6 Å². The molecule has 1 aliphatic heterocycles. The van der Waals surface area contributed by atoms with E-state index in [0.717, 1.165) is 59.5 Å². The number of rotatable bonds is 9. The minimum absolute atomic E-state index is 0.0109. The van der Waals surface area contributed by atoms with Crippen LogP contribution < -0.4 is 4.90 Å². The average molecular weight is 520 g/mol. The Kier molecular flexibility index (Phi) is 8.16. The first-order valence-electron chi connectivity index (χ1n) is 11.7. The maximum atomic E-state index is 13.3. The van der Waals surface area contributed by atoms with Gasteiger partial charge in [0.2, 0.25) is 5.91 Å². The summed E-state index contributed by atoms with van der Waals surface area (Å²) in [7, 11) is -3.72. The van der Waals surface area contributed by atoms with Crippen LogP contribution >= 0.6 is 11.3 Å². The monoisotopic (exact) mass is 519 g/mol. The molecule has 2 aromatic carbocycles. The van der Waals surface area contributed by atoms with Gasteiger partial charge in [-0.15, -0.1) is 0 Å². The van der Waals surface area contributed by atoms with Gasteiger partial charge in [-0.05, 0) is 55.7 Å². The molecule has 1 amide bonds. The van der Waals surface area contributed by atoms with Crippen molar-refractivity contribution in [1.82, 2.24) is 9.88 Å². The third-order valence-electron chi connectivity index (χ3n) is 6.18. The van der Waals surface area contributed by atoms with Gasteiger partial charge in [0.25, 0.3) is 0 Å². The molecule has 0 unspecified atom stereocenters. The van der Waals surface area contributed by atoms with Crippen LogP contribution in [0.5, 0.6) is 0 Å². The van der Waals surface area contributed by atoms with Crippen LogP contribution in [0.15, 0.2) is 41.3 Å². The smallest absolute Gasteiger partial charge is 0.229 e. The van der Waals surface area contributed by atoms with E-state index in [9.17, 15) is 17.6 Å². The van der Waals surface area contributed by atoms with Crippen molar-refractivity contribution >= 4 is 42.4 Å². The summed E-state index contributed by atoms with van der Waals surface area (Å²) in [6.07, 6.45) is 0.565. The van der Waals surface area contributed by atoms with Gasteiger partial charge in [0.1, 0.15) is 5.82 Å². The number of aromatic nitrogens is 1. The number of fused-ring (bicyclic) bond motifs is 1. The molecule has 2 heterocycles. The van der Waals surface area contributed by atoms with Gasteiger partial charge in [0.05, 0.1) is 34.1 Å². The third kappa shape index (κ3) is 6.24. The maximum Gasteiger partial charge on any atom is 0.229 e. The molecule has 188 valence electrons. The van der Waals surface area contributed by atoms with Crippen LogP contribution in [0, 0.1) is 19.7 Å². The number of morpholine rings is 1. The molecule has 0 aliphatic carbocycles. The van der Waals surface area contributed by atoms with Gasteiger partial charge in [-0.1, -0.05) is 23.5 Å². The van der Waals surface area contributed by atoms with Gasteiger partial charge in [-0.3, -0.25) is 14.6 Å². The molecule has 0 radical (unpaired) electrons. The molecule has 7 nitrogen and oxygen atoms in total. The van der Waals surface area contributed by atoms with E-state index in [0.29, 0.717) is 24.9 Å². The van der Waals surface area contributed by atoms with Crippen LogP contribution in [-0.4, -0.2) is 69.4 Å². The Morgan fingerprint density at radius 1 is 1.11 bits per heavy atom. The molecule has 0 spiro atoms. The number of hydrogen-bond acceptors (Lipinski definition) is 7. The Morgan fingerprint density at radius 3 is 2.49 bits per heavy atom. The molecule has 1 saturated heterocycles. The summed E-state index contributed by atoms with van der Waals surface area (Å²) < 4.78 is 45.1. The standard InChI is InChI=1S/C25H30FN3O4S2/c1-18-4-5-19(2)24-23(18)27-25(34-24)29(12-3-11-28-13-15-33-16-14-28)22(30)10-17-35(31,32)21-8-6-20(26)7-9-21/h4-9H,3,10-17H2,1-2H3. The van der Waals surface area contributed by atoms with E-state index < -0.39 is 15.7 Å². The fourth-order valence-corrected chi connectivity index (χ4v) is 6.47. The summed E-state index contributed by atoms with van der Waals surface area (Å²) in [5, 5.41) is 0.587. The van der Waals surface area contributed by atoms with Crippen molar-refractivity contribution in [1.29, 1.82) is 0 Å². The predicted molar refractivity (Wildman–Crippen MR) is 136 cm³/mol. The molecule has 0 N–H and O–H groups in total. The number of sulfone groups is 1. The molecular formula is C25H30FN3O4S2. The van der Waals surface area contributed by atoms with Crippen molar-refractivity contribution in [2.24, 2.45) is 0 Å². The van der Waals surface area contributed by atoms with Crippen LogP contribution in [0.1, 0.15) is 24.0 Å². The Labute approximate surface area is 209 Å².